The minimum Gasteiger partial charge on any atom is -0.449 e. The molecule has 1 aromatic rings. The molecule has 1 aromatic carbocycles. The maximum absolute atomic E-state index is 13.5. The molecule has 0 unspecified atom stereocenters. The maximum atomic E-state index is 13.5. The summed E-state index contributed by atoms with van der Waals surface area (Å²) >= 11 is 0. The molecule has 1 atom stereocenters. The Morgan fingerprint density at radius 1 is 1.08 bits per heavy atom. The van der Waals surface area contributed by atoms with Gasteiger partial charge in [0.05, 0.1) is 0 Å². The number of hydrogen-bond donors (Lipinski definition) is 2. The third-order valence-corrected chi connectivity index (χ3v) is 7.81. The van der Waals surface area contributed by atoms with Crippen LogP contribution in [0.3, 0.4) is 0 Å². The molecular weight excluding hydrogens is 485 g/mol. The van der Waals surface area contributed by atoms with Gasteiger partial charge < -0.3 is 20.5 Å². The first-order valence-electron chi connectivity index (χ1n) is 12.6. The zero-order chi connectivity index (χ0) is 26.8. The van der Waals surface area contributed by atoms with Crippen LogP contribution in [0.25, 0.3) is 0 Å². The standard InChI is InChI=1S/C28H33F3N2O4/c1-26(36,28(29,30)31)20-10-8-19(9-11-20)24(34)33(22-12-13-22)23-14-16-27(17-15-23,18-37-25(32)35)21-6-4-2-3-5-7-21/h2,4-11,22-23,36H,3,12-18H2,1H3,(H2,32,35)/t23?,26-,27?/m0/s1. The summed E-state index contributed by atoms with van der Waals surface area (Å²) in [5.41, 5.74) is 2.92. The fourth-order valence-electron chi connectivity index (χ4n) is 5.32. The van der Waals surface area contributed by atoms with Gasteiger partial charge in [0.15, 0.2) is 5.60 Å². The molecule has 3 N–H and O–H groups in total. The van der Waals surface area contributed by atoms with E-state index in [0.29, 0.717) is 38.2 Å². The smallest absolute Gasteiger partial charge is 0.421 e. The van der Waals surface area contributed by atoms with Gasteiger partial charge in [-0.1, -0.05) is 42.5 Å². The third-order valence-electron chi connectivity index (χ3n) is 7.81. The van der Waals surface area contributed by atoms with Crippen LogP contribution in [0, 0.1) is 5.41 Å². The second-order valence-corrected chi connectivity index (χ2v) is 10.4. The second-order valence-electron chi connectivity index (χ2n) is 10.4. The summed E-state index contributed by atoms with van der Waals surface area (Å²) < 4.78 is 44.9. The summed E-state index contributed by atoms with van der Waals surface area (Å²) in [5, 5.41) is 9.94. The van der Waals surface area contributed by atoms with Gasteiger partial charge in [0.1, 0.15) is 6.61 Å². The van der Waals surface area contributed by atoms with Gasteiger partial charge in [0, 0.05) is 23.1 Å². The molecule has 3 aliphatic carbocycles. The van der Waals surface area contributed by atoms with Crippen LogP contribution in [-0.2, 0) is 10.3 Å². The molecule has 0 saturated heterocycles. The van der Waals surface area contributed by atoms with Crippen molar-refractivity contribution in [1.29, 1.82) is 0 Å². The lowest BCUT2D eigenvalue weighted by Crippen LogP contribution is -2.47. The van der Waals surface area contributed by atoms with Crippen molar-refractivity contribution in [2.24, 2.45) is 11.1 Å². The Morgan fingerprint density at radius 3 is 2.27 bits per heavy atom. The highest BCUT2D eigenvalue weighted by atomic mass is 19.4. The Kier molecular flexibility index (Phi) is 7.55. The lowest BCUT2D eigenvalue weighted by atomic mass is 9.67. The van der Waals surface area contributed by atoms with Crippen molar-refractivity contribution in [2.75, 3.05) is 6.61 Å². The van der Waals surface area contributed by atoms with Crippen LogP contribution in [0.4, 0.5) is 18.0 Å². The summed E-state index contributed by atoms with van der Waals surface area (Å²) in [7, 11) is 0. The number of hydrogen-bond acceptors (Lipinski definition) is 4. The van der Waals surface area contributed by atoms with E-state index in [1.54, 1.807) is 0 Å². The number of carbonyl (C=O) groups excluding carboxylic acids is 2. The molecule has 0 spiro atoms. The minimum absolute atomic E-state index is 0.0365. The van der Waals surface area contributed by atoms with Crippen molar-refractivity contribution in [3.8, 4) is 0 Å². The average Bonchev–Trinajstić information content (AvgIpc) is 3.71. The molecule has 2 amide bonds. The van der Waals surface area contributed by atoms with Crippen molar-refractivity contribution in [3.63, 3.8) is 0 Å². The Hall–Kier alpha value is -3.07. The number of nitrogens with two attached hydrogens (primary N) is 1. The maximum Gasteiger partial charge on any atom is 0.421 e. The third kappa shape index (κ3) is 5.76. The molecule has 0 radical (unpaired) electrons. The second kappa shape index (κ2) is 10.4. The summed E-state index contributed by atoms with van der Waals surface area (Å²) in [6, 6.07) is 5.10. The van der Waals surface area contributed by atoms with E-state index in [9.17, 15) is 27.9 Å². The highest BCUT2D eigenvalue weighted by Gasteiger charge is 2.51. The van der Waals surface area contributed by atoms with Crippen LogP contribution in [0.2, 0.25) is 0 Å². The highest BCUT2D eigenvalue weighted by Crippen LogP contribution is 2.47. The lowest BCUT2D eigenvalue weighted by molar-refractivity contribution is -0.258. The van der Waals surface area contributed by atoms with Gasteiger partial charge in [0.2, 0.25) is 0 Å². The van der Waals surface area contributed by atoms with E-state index >= 15 is 0 Å². The molecule has 200 valence electrons. The van der Waals surface area contributed by atoms with Crippen molar-refractivity contribution in [3.05, 3.63) is 71.3 Å². The van der Waals surface area contributed by atoms with Crippen molar-refractivity contribution in [1.82, 2.24) is 4.90 Å². The van der Waals surface area contributed by atoms with Gasteiger partial charge in [-0.15, -0.1) is 0 Å². The molecule has 2 fully saturated rings. The Balaban J connectivity index is 1.52. The number of nitrogens with zero attached hydrogens (tertiary/aromatic N) is 1. The van der Waals surface area contributed by atoms with E-state index < -0.39 is 23.3 Å². The van der Waals surface area contributed by atoms with Gasteiger partial charge in [-0.2, -0.15) is 13.2 Å². The molecule has 4 rings (SSSR count). The predicted octanol–water partition coefficient (Wildman–Crippen LogP) is 5.53. The Morgan fingerprint density at radius 2 is 1.70 bits per heavy atom. The number of rotatable bonds is 7. The summed E-state index contributed by atoms with van der Waals surface area (Å²) in [6.45, 7) is 0.863. The number of aliphatic hydroxyl groups is 1. The van der Waals surface area contributed by atoms with Gasteiger partial charge in [-0.25, -0.2) is 4.79 Å². The Labute approximate surface area is 214 Å². The number of ether oxygens (including phenoxy) is 1. The van der Waals surface area contributed by atoms with Crippen LogP contribution in [0.5, 0.6) is 0 Å². The number of halogens is 3. The molecule has 0 aliphatic heterocycles. The van der Waals surface area contributed by atoms with E-state index in [2.05, 4.69) is 12.2 Å². The van der Waals surface area contributed by atoms with Gasteiger partial charge in [0.25, 0.3) is 5.91 Å². The van der Waals surface area contributed by atoms with E-state index in [0.717, 1.165) is 37.0 Å². The minimum atomic E-state index is -4.83. The van der Waals surface area contributed by atoms with Crippen LogP contribution in [0.1, 0.15) is 67.8 Å². The zero-order valence-corrected chi connectivity index (χ0v) is 20.8. The van der Waals surface area contributed by atoms with Gasteiger partial charge in [-0.05, 0) is 75.1 Å². The van der Waals surface area contributed by atoms with E-state index in [4.69, 9.17) is 10.5 Å². The molecule has 37 heavy (non-hydrogen) atoms. The highest BCUT2D eigenvalue weighted by molar-refractivity contribution is 5.95. The molecule has 0 bridgehead atoms. The van der Waals surface area contributed by atoms with Crippen molar-refractivity contribution < 1.29 is 32.6 Å². The monoisotopic (exact) mass is 518 g/mol. The van der Waals surface area contributed by atoms with Crippen LogP contribution in [0.15, 0.2) is 60.2 Å². The van der Waals surface area contributed by atoms with Crippen molar-refractivity contribution in [2.45, 2.75) is 75.7 Å². The topological polar surface area (TPSA) is 92.9 Å². The number of allylic oxidation sites excluding steroid dienone is 5. The molecular formula is C28H33F3N2O4. The molecule has 9 heteroatoms. The fourth-order valence-corrected chi connectivity index (χ4v) is 5.32. The molecule has 0 aromatic heterocycles. The average molecular weight is 519 g/mol. The molecule has 3 aliphatic rings. The van der Waals surface area contributed by atoms with Crippen LogP contribution >= 0.6 is 0 Å². The SMILES string of the molecule is C[C@](O)(c1ccc(C(=O)N(C2CC2)C2CCC(COC(N)=O)(C3=CC=CCC=C3)CC2)cc1)C(F)(F)F. The van der Waals surface area contributed by atoms with Gasteiger partial charge in [-0.3, -0.25) is 4.79 Å². The summed E-state index contributed by atoms with van der Waals surface area (Å²) in [5.74, 6) is -0.219. The fraction of sp³-hybridized carbons (Fsp3) is 0.500. The summed E-state index contributed by atoms with van der Waals surface area (Å²) in [6.07, 6.45) is 9.91. The molecule has 0 heterocycles. The number of alkyl halides is 3. The number of benzene rings is 1. The predicted molar refractivity (Wildman–Crippen MR) is 132 cm³/mol. The summed E-state index contributed by atoms with van der Waals surface area (Å²) in [4.78, 5) is 26.8. The molecule has 2 saturated carbocycles. The normalized spacial score (nSPS) is 25.5. The largest absolute Gasteiger partial charge is 0.449 e. The van der Waals surface area contributed by atoms with Crippen LogP contribution in [-0.4, -0.2) is 46.9 Å². The molecule has 6 nitrogen and oxygen atoms in total. The van der Waals surface area contributed by atoms with Crippen LogP contribution < -0.4 is 5.73 Å². The number of amides is 2. The lowest BCUT2D eigenvalue weighted by Gasteiger charge is -2.44. The zero-order valence-electron chi connectivity index (χ0n) is 20.8. The van der Waals surface area contributed by atoms with Gasteiger partial charge >= 0.3 is 12.3 Å². The number of carbonyl (C=O) groups is 2. The van der Waals surface area contributed by atoms with Crippen molar-refractivity contribution >= 4 is 12.0 Å². The van der Waals surface area contributed by atoms with E-state index in [1.165, 1.54) is 12.1 Å². The van der Waals surface area contributed by atoms with E-state index in [1.807, 2.05) is 23.1 Å². The quantitative estimate of drug-likeness (QED) is 0.497. The first kappa shape index (κ1) is 27.0. The Bertz CT molecular complexity index is 1090. The number of primary amides is 1. The first-order chi connectivity index (χ1) is 17.4. The first-order valence-corrected chi connectivity index (χ1v) is 12.6. The van der Waals surface area contributed by atoms with E-state index in [-0.39, 0.29) is 30.2 Å².